The number of thioether (sulfide) groups is 1. The summed E-state index contributed by atoms with van der Waals surface area (Å²) in [6.45, 7) is 0. The van der Waals surface area contributed by atoms with E-state index in [-0.39, 0.29) is 11.4 Å². The van der Waals surface area contributed by atoms with Crippen molar-refractivity contribution in [3.05, 3.63) is 23.9 Å². The molecule has 2 aromatic rings. The first kappa shape index (κ1) is 13.1. The van der Waals surface area contributed by atoms with Gasteiger partial charge in [0.25, 0.3) is 0 Å². The van der Waals surface area contributed by atoms with E-state index in [1.165, 1.54) is 18.9 Å². The van der Waals surface area contributed by atoms with Crippen molar-refractivity contribution in [2.45, 2.75) is 5.16 Å². The SMILES string of the molecule is COc1ccnc(-c2nc(SC)nc(O)c2C#N)c1. The van der Waals surface area contributed by atoms with E-state index in [4.69, 9.17) is 10.00 Å². The summed E-state index contributed by atoms with van der Waals surface area (Å²) in [5, 5.41) is 19.2. The highest BCUT2D eigenvalue weighted by Gasteiger charge is 2.16. The maximum Gasteiger partial charge on any atom is 0.234 e. The molecular formula is C12H10N4O2S. The minimum atomic E-state index is -0.346. The monoisotopic (exact) mass is 274 g/mol. The van der Waals surface area contributed by atoms with Crippen LogP contribution in [-0.2, 0) is 0 Å². The molecule has 0 amide bonds. The molecule has 0 spiro atoms. The van der Waals surface area contributed by atoms with Gasteiger partial charge in [-0.05, 0) is 12.3 Å². The molecule has 0 aliphatic heterocycles. The van der Waals surface area contributed by atoms with Gasteiger partial charge in [-0.2, -0.15) is 10.2 Å². The summed E-state index contributed by atoms with van der Waals surface area (Å²) in [5.41, 5.74) is 0.737. The molecule has 0 fully saturated rings. The highest BCUT2D eigenvalue weighted by Crippen LogP contribution is 2.29. The zero-order valence-corrected chi connectivity index (χ0v) is 11.1. The Morgan fingerprint density at radius 1 is 1.42 bits per heavy atom. The van der Waals surface area contributed by atoms with Gasteiger partial charge < -0.3 is 9.84 Å². The lowest BCUT2D eigenvalue weighted by Crippen LogP contribution is -1.98. The molecule has 2 rings (SSSR count). The van der Waals surface area contributed by atoms with Gasteiger partial charge in [0.05, 0.1) is 12.8 Å². The molecule has 19 heavy (non-hydrogen) atoms. The summed E-state index contributed by atoms with van der Waals surface area (Å²) in [7, 11) is 1.54. The molecule has 0 atom stereocenters. The summed E-state index contributed by atoms with van der Waals surface area (Å²) in [5.74, 6) is 0.249. The average molecular weight is 274 g/mol. The number of hydrogen-bond donors (Lipinski definition) is 1. The van der Waals surface area contributed by atoms with Crippen molar-refractivity contribution < 1.29 is 9.84 Å². The molecule has 96 valence electrons. The van der Waals surface area contributed by atoms with E-state index in [0.717, 1.165) is 0 Å². The van der Waals surface area contributed by atoms with Gasteiger partial charge in [0.1, 0.15) is 23.1 Å². The van der Waals surface area contributed by atoms with Gasteiger partial charge in [-0.3, -0.25) is 4.98 Å². The first-order valence-corrected chi connectivity index (χ1v) is 6.47. The molecule has 7 heteroatoms. The van der Waals surface area contributed by atoms with Gasteiger partial charge in [-0.15, -0.1) is 0 Å². The Bertz CT molecular complexity index is 655. The van der Waals surface area contributed by atoms with E-state index in [9.17, 15) is 5.11 Å². The van der Waals surface area contributed by atoms with Gasteiger partial charge in [-0.1, -0.05) is 11.8 Å². The first-order valence-electron chi connectivity index (χ1n) is 5.25. The van der Waals surface area contributed by atoms with Crippen LogP contribution < -0.4 is 4.74 Å². The van der Waals surface area contributed by atoms with E-state index in [1.807, 2.05) is 6.07 Å². The Labute approximate surface area is 114 Å². The molecule has 0 radical (unpaired) electrons. The summed E-state index contributed by atoms with van der Waals surface area (Å²) >= 11 is 1.27. The Balaban J connectivity index is 2.66. The fraction of sp³-hybridized carbons (Fsp3) is 0.167. The molecule has 0 saturated heterocycles. The molecule has 0 aromatic carbocycles. The molecular weight excluding hydrogens is 264 g/mol. The second-order valence-electron chi connectivity index (χ2n) is 3.45. The standard InChI is InChI=1S/C12H10N4O2S/c1-18-7-3-4-14-9(5-7)10-8(6-13)11(17)16-12(15-10)19-2/h3-5H,1-2H3,(H,15,16,17). The maximum absolute atomic E-state index is 9.75. The fourth-order valence-electron chi connectivity index (χ4n) is 1.48. The molecule has 0 aliphatic carbocycles. The lowest BCUT2D eigenvalue weighted by molar-refractivity contribution is 0.414. The van der Waals surface area contributed by atoms with Crippen LogP contribution in [0.3, 0.4) is 0 Å². The number of aromatic hydroxyl groups is 1. The van der Waals surface area contributed by atoms with Crippen molar-refractivity contribution >= 4 is 11.8 Å². The molecule has 0 saturated carbocycles. The lowest BCUT2D eigenvalue weighted by Gasteiger charge is -2.07. The normalized spacial score (nSPS) is 9.95. The Morgan fingerprint density at radius 3 is 2.84 bits per heavy atom. The quantitative estimate of drug-likeness (QED) is 0.674. The van der Waals surface area contributed by atoms with E-state index in [2.05, 4.69) is 15.0 Å². The second-order valence-corrected chi connectivity index (χ2v) is 4.22. The van der Waals surface area contributed by atoms with Crippen molar-refractivity contribution in [3.8, 4) is 29.1 Å². The van der Waals surface area contributed by atoms with Crippen molar-refractivity contribution in [1.82, 2.24) is 15.0 Å². The molecule has 0 bridgehead atoms. The van der Waals surface area contributed by atoms with Gasteiger partial charge in [-0.25, -0.2) is 4.98 Å². The smallest absolute Gasteiger partial charge is 0.234 e. The van der Waals surface area contributed by atoms with Crippen molar-refractivity contribution in [2.75, 3.05) is 13.4 Å². The first-order chi connectivity index (χ1) is 9.19. The van der Waals surface area contributed by atoms with E-state index in [0.29, 0.717) is 22.3 Å². The number of ether oxygens (including phenoxy) is 1. The van der Waals surface area contributed by atoms with E-state index < -0.39 is 0 Å². The molecule has 1 N–H and O–H groups in total. The molecule has 2 heterocycles. The van der Waals surface area contributed by atoms with E-state index in [1.54, 1.807) is 24.6 Å². The topological polar surface area (TPSA) is 91.9 Å². The third-order valence-corrected chi connectivity index (χ3v) is 2.92. The second kappa shape index (κ2) is 5.54. The van der Waals surface area contributed by atoms with Crippen LogP contribution in [0.15, 0.2) is 23.5 Å². The molecule has 0 aliphatic rings. The number of nitriles is 1. The van der Waals surface area contributed by atoms with Crippen LogP contribution in [-0.4, -0.2) is 33.4 Å². The highest BCUT2D eigenvalue weighted by atomic mass is 32.2. The van der Waals surface area contributed by atoms with Crippen LogP contribution in [0.25, 0.3) is 11.4 Å². The Kier molecular flexibility index (Phi) is 3.82. The number of aromatic nitrogens is 3. The number of hydrogen-bond acceptors (Lipinski definition) is 7. The summed E-state index contributed by atoms with van der Waals surface area (Å²) < 4.78 is 5.10. The predicted octanol–water partition coefficient (Wildman–Crippen LogP) is 1.85. The third-order valence-electron chi connectivity index (χ3n) is 2.37. The number of nitrogens with zero attached hydrogens (tertiary/aromatic N) is 4. The van der Waals surface area contributed by atoms with Crippen LogP contribution >= 0.6 is 11.8 Å². The fourth-order valence-corrected chi connectivity index (χ4v) is 1.84. The number of methoxy groups -OCH3 is 1. The third kappa shape index (κ3) is 2.58. The average Bonchev–Trinajstić information content (AvgIpc) is 2.46. The van der Waals surface area contributed by atoms with Gasteiger partial charge in [0.2, 0.25) is 5.88 Å². The largest absolute Gasteiger partial charge is 0.497 e. The van der Waals surface area contributed by atoms with Crippen molar-refractivity contribution in [2.24, 2.45) is 0 Å². The summed E-state index contributed by atoms with van der Waals surface area (Å²) in [6, 6.07) is 5.22. The summed E-state index contributed by atoms with van der Waals surface area (Å²) in [6.07, 6.45) is 3.33. The van der Waals surface area contributed by atoms with Crippen molar-refractivity contribution in [1.29, 1.82) is 5.26 Å². The van der Waals surface area contributed by atoms with Crippen LogP contribution in [0.2, 0.25) is 0 Å². The van der Waals surface area contributed by atoms with Gasteiger partial charge >= 0.3 is 0 Å². The van der Waals surface area contributed by atoms with Gasteiger partial charge in [0.15, 0.2) is 5.16 Å². The van der Waals surface area contributed by atoms with Crippen LogP contribution in [0.4, 0.5) is 0 Å². The number of rotatable bonds is 3. The summed E-state index contributed by atoms with van der Waals surface area (Å²) in [4.78, 5) is 12.2. The number of pyridine rings is 1. The van der Waals surface area contributed by atoms with Crippen LogP contribution in [0, 0.1) is 11.3 Å². The Morgan fingerprint density at radius 2 is 2.21 bits per heavy atom. The predicted molar refractivity (Wildman–Crippen MR) is 70.0 cm³/mol. The highest BCUT2D eigenvalue weighted by molar-refractivity contribution is 7.98. The van der Waals surface area contributed by atoms with E-state index >= 15 is 0 Å². The zero-order chi connectivity index (χ0) is 13.8. The molecule has 6 nitrogen and oxygen atoms in total. The molecule has 0 unspecified atom stereocenters. The van der Waals surface area contributed by atoms with Crippen LogP contribution in [0.1, 0.15) is 5.56 Å². The Hall–Kier alpha value is -2.33. The maximum atomic E-state index is 9.75. The zero-order valence-electron chi connectivity index (χ0n) is 10.3. The van der Waals surface area contributed by atoms with Gasteiger partial charge in [0, 0.05) is 12.3 Å². The van der Waals surface area contributed by atoms with Crippen molar-refractivity contribution in [3.63, 3.8) is 0 Å². The van der Waals surface area contributed by atoms with Crippen LogP contribution in [0.5, 0.6) is 11.6 Å². The minimum absolute atomic E-state index is 0.00134. The molecule has 2 aromatic heterocycles. The lowest BCUT2D eigenvalue weighted by atomic mass is 10.1. The minimum Gasteiger partial charge on any atom is -0.497 e.